The Morgan fingerprint density at radius 2 is 2.00 bits per heavy atom. The van der Waals surface area contributed by atoms with Crippen LogP contribution in [0.1, 0.15) is 51.0 Å². The molecule has 0 radical (unpaired) electrons. The van der Waals surface area contributed by atoms with E-state index in [0.29, 0.717) is 25.1 Å². The molecular weight excluding hydrogens is 398 g/mol. The lowest BCUT2D eigenvalue weighted by Gasteiger charge is -2.13. The maximum atomic E-state index is 12.5. The molecule has 1 aromatic rings. The van der Waals surface area contributed by atoms with E-state index in [0.717, 1.165) is 35.7 Å². The van der Waals surface area contributed by atoms with Crippen LogP contribution in [0.5, 0.6) is 0 Å². The van der Waals surface area contributed by atoms with E-state index >= 15 is 0 Å². The van der Waals surface area contributed by atoms with Gasteiger partial charge >= 0.3 is 5.97 Å². The number of carbonyl (C=O) groups excluding carboxylic acids is 3. The summed E-state index contributed by atoms with van der Waals surface area (Å²) in [5.41, 5.74) is 1.44. The number of ether oxygens (including phenoxy) is 1. The number of hydrogen-bond acceptors (Lipinski definition) is 4. The fourth-order valence-electron chi connectivity index (χ4n) is 2.88. The van der Waals surface area contributed by atoms with Crippen molar-refractivity contribution in [3.05, 3.63) is 39.9 Å². The molecule has 1 heterocycles. The van der Waals surface area contributed by atoms with Crippen LogP contribution in [0.2, 0.25) is 0 Å². The molecule has 1 aliphatic rings. The minimum absolute atomic E-state index is 0.136. The fourth-order valence-corrected chi connectivity index (χ4v) is 3.30. The molecule has 0 N–H and O–H groups in total. The Morgan fingerprint density at radius 3 is 2.73 bits per heavy atom. The number of unbranched alkanes of at least 4 members (excludes halogenated alkanes) is 3. The lowest BCUT2D eigenvalue weighted by atomic mass is 10.1. The summed E-state index contributed by atoms with van der Waals surface area (Å²) in [6.07, 6.45) is 5.66. The minimum atomic E-state index is -0.193. The predicted molar refractivity (Wildman–Crippen MR) is 103 cm³/mol. The predicted octanol–water partition coefficient (Wildman–Crippen LogP) is 4.11. The third-order valence-electron chi connectivity index (χ3n) is 4.17. The van der Waals surface area contributed by atoms with Gasteiger partial charge in [0.25, 0.3) is 5.91 Å². The molecule has 1 saturated heterocycles. The van der Waals surface area contributed by atoms with Gasteiger partial charge < -0.3 is 4.74 Å². The molecule has 140 valence electrons. The van der Waals surface area contributed by atoms with Crippen LogP contribution in [0.4, 0.5) is 0 Å². The number of imide groups is 1. The van der Waals surface area contributed by atoms with Gasteiger partial charge in [0.05, 0.1) is 13.0 Å². The van der Waals surface area contributed by atoms with Gasteiger partial charge in [0, 0.05) is 23.0 Å². The van der Waals surface area contributed by atoms with Gasteiger partial charge in [-0.3, -0.25) is 19.3 Å². The van der Waals surface area contributed by atoms with E-state index in [4.69, 9.17) is 4.74 Å². The van der Waals surface area contributed by atoms with Gasteiger partial charge in [-0.2, -0.15) is 0 Å². The summed E-state index contributed by atoms with van der Waals surface area (Å²) in [5, 5.41) is 0. The van der Waals surface area contributed by atoms with Crippen molar-refractivity contribution in [1.82, 2.24) is 4.90 Å². The summed E-state index contributed by atoms with van der Waals surface area (Å²) in [6, 6.07) is 7.63. The minimum Gasteiger partial charge on any atom is -0.466 e. The first-order valence-corrected chi connectivity index (χ1v) is 9.77. The zero-order valence-electron chi connectivity index (χ0n) is 15.0. The van der Waals surface area contributed by atoms with Crippen LogP contribution in [-0.4, -0.2) is 35.8 Å². The van der Waals surface area contributed by atoms with Crippen molar-refractivity contribution >= 4 is 39.8 Å². The van der Waals surface area contributed by atoms with Gasteiger partial charge in [0.15, 0.2) is 0 Å². The SMILES string of the molecule is CCOC(=O)CCCCCCN1C(=O)C/C(=C\c2cccc(Br)c2)C1=O. The van der Waals surface area contributed by atoms with Crippen LogP contribution in [0, 0.1) is 0 Å². The molecule has 1 fully saturated rings. The van der Waals surface area contributed by atoms with Crippen LogP contribution in [0.25, 0.3) is 6.08 Å². The molecule has 0 atom stereocenters. The fraction of sp³-hybridized carbons (Fsp3) is 0.450. The normalized spacial score (nSPS) is 15.8. The highest BCUT2D eigenvalue weighted by Gasteiger charge is 2.32. The Balaban J connectivity index is 1.77. The van der Waals surface area contributed by atoms with Crippen LogP contribution in [-0.2, 0) is 19.1 Å². The molecule has 0 spiro atoms. The van der Waals surface area contributed by atoms with Crippen molar-refractivity contribution in [2.75, 3.05) is 13.2 Å². The molecular formula is C20H24BrNO4. The zero-order valence-corrected chi connectivity index (χ0v) is 16.6. The molecule has 0 aliphatic carbocycles. The number of esters is 1. The van der Waals surface area contributed by atoms with Crippen LogP contribution >= 0.6 is 15.9 Å². The maximum Gasteiger partial charge on any atom is 0.305 e. The molecule has 2 amide bonds. The summed E-state index contributed by atoms with van der Waals surface area (Å²) < 4.78 is 5.81. The third kappa shape index (κ3) is 6.09. The highest BCUT2D eigenvalue weighted by atomic mass is 79.9. The van der Waals surface area contributed by atoms with Gasteiger partial charge in [-0.15, -0.1) is 0 Å². The van der Waals surface area contributed by atoms with Crippen LogP contribution < -0.4 is 0 Å². The second kappa shape index (κ2) is 10.3. The summed E-state index contributed by atoms with van der Waals surface area (Å²) in [7, 11) is 0. The average molecular weight is 422 g/mol. The molecule has 26 heavy (non-hydrogen) atoms. The lowest BCUT2D eigenvalue weighted by Crippen LogP contribution is -2.30. The van der Waals surface area contributed by atoms with E-state index in [1.165, 1.54) is 4.90 Å². The van der Waals surface area contributed by atoms with E-state index in [1.54, 1.807) is 13.0 Å². The van der Waals surface area contributed by atoms with Crippen molar-refractivity contribution < 1.29 is 19.1 Å². The summed E-state index contributed by atoms with van der Waals surface area (Å²) in [5.74, 6) is -0.496. The first-order valence-electron chi connectivity index (χ1n) is 8.97. The molecule has 6 heteroatoms. The Kier molecular flexibility index (Phi) is 8.04. The van der Waals surface area contributed by atoms with E-state index < -0.39 is 0 Å². The van der Waals surface area contributed by atoms with Crippen molar-refractivity contribution in [1.29, 1.82) is 0 Å². The molecule has 5 nitrogen and oxygen atoms in total. The van der Waals surface area contributed by atoms with Crippen LogP contribution in [0.3, 0.4) is 0 Å². The van der Waals surface area contributed by atoms with Crippen molar-refractivity contribution in [3.8, 4) is 0 Å². The number of carbonyl (C=O) groups is 3. The Hall–Kier alpha value is -1.95. The molecule has 1 aliphatic heterocycles. The standard InChI is InChI=1S/C20H24BrNO4/c1-2-26-19(24)10-5-3-4-6-11-22-18(23)14-16(20(22)25)12-15-8-7-9-17(21)13-15/h7-9,12-13H,2-6,10-11,14H2,1H3/b16-12+. The number of benzene rings is 1. The number of rotatable bonds is 9. The van der Waals surface area contributed by atoms with Gasteiger partial charge in [-0.25, -0.2) is 0 Å². The summed E-state index contributed by atoms with van der Waals surface area (Å²) in [4.78, 5) is 37.2. The second-order valence-corrected chi connectivity index (χ2v) is 7.14. The molecule has 0 bridgehead atoms. The van der Waals surface area contributed by atoms with Crippen LogP contribution in [0.15, 0.2) is 34.3 Å². The molecule has 1 aromatic carbocycles. The molecule has 2 rings (SSSR count). The van der Waals surface area contributed by atoms with Gasteiger partial charge in [-0.1, -0.05) is 40.9 Å². The number of hydrogen-bond donors (Lipinski definition) is 0. The monoisotopic (exact) mass is 421 g/mol. The zero-order chi connectivity index (χ0) is 18.9. The Labute approximate surface area is 162 Å². The Morgan fingerprint density at radius 1 is 1.23 bits per heavy atom. The first-order chi connectivity index (χ1) is 12.5. The molecule has 0 unspecified atom stereocenters. The summed E-state index contributed by atoms with van der Waals surface area (Å²) >= 11 is 3.40. The van der Waals surface area contributed by atoms with E-state index in [1.807, 2.05) is 24.3 Å². The van der Waals surface area contributed by atoms with Crippen molar-refractivity contribution in [3.63, 3.8) is 0 Å². The van der Waals surface area contributed by atoms with Gasteiger partial charge in [0.2, 0.25) is 5.91 Å². The Bertz CT molecular complexity index is 699. The third-order valence-corrected chi connectivity index (χ3v) is 4.66. The van der Waals surface area contributed by atoms with E-state index in [2.05, 4.69) is 15.9 Å². The van der Waals surface area contributed by atoms with E-state index in [-0.39, 0.29) is 24.2 Å². The number of likely N-dealkylation sites (tertiary alicyclic amines) is 1. The largest absolute Gasteiger partial charge is 0.466 e. The topological polar surface area (TPSA) is 63.7 Å². The van der Waals surface area contributed by atoms with Gasteiger partial charge in [0.1, 0.15) is 0 Å². The average Bonchev–Trinajstić information content (AvgIpc) is 2.85. The summed E-state index contributed by atoms with van der Waals surface area (Å²) in [6.45, 7) is 2.64. The molecule has 0 aromatic heterocycles. The number of nitrogens with zero attached hydrogens (tertiary/aromatic N) is 1. The molecule has 0 saturated carbocycles. The lowest BCUT2D eigenvalue weighted by molar-refractivity contribution is -0.143. The number of halogens is 1. The smallest absolute Gasteiger partial charge is 0.305 e. The van der Waals surface area contributed by atoms with E-state index in [9.17, 15) is 14.4 Å². The van der Waals surface area contributed by atoms with Crippen molar-refractivity contribution in [2.45, 2.75) is 45.4 Å². The maximum absolute atomic E-state index is 12.5. The quantitative estimate of drug-likeness (QED) is 0.260. The number of amides is 2. The highest BCUT2D eigenvalue weighted by Crippen LogP contribution is 2.23. The van der Waals surface area contributed by atoms with Gasteiger partial charge in [-0.05, 0) is 43.5 Å². The second-order valence-electron chi connectivity index (χ2n) is 6.22. The first kappa shape index (κ1) is 20.4. The highest BCUT2D eigenvalue weighted by molar-refractivity contribution is 9.10. The van der Waals surface area contributed by atoms with Crippen molar-refractivity contribution in [2.24, 2.45) is 0 Å².